The van der Waals surface area contributed by atoms with Crippen LogP contribution in [0.2, 0.25) is 0 Å². The van der Waals surface area contributed by atoms with Gasteiger partial charge in [0.1, 0.15) is 11.6 Å². The van der Waals surface area contributed by atoms with E-state index < -0.39 is 29.8 Å². The normalized spacial score (nSPS) is 23.1. The highest BCUT2D eigenvalue weighted by Crippen LogP contribution is 2.29. The van der Waals surface area contributed by atoms with Crippen molar-refractivity contribution in [1.82, 2.24) is 4.90 Å². The van der Waals surface area contributed by atoms with Crippen molar-refractivity contribution in [2.45, 2.75) is 51.4 Å². The average molecular weight is 282 g/mol. The lowest BCUT2D eigenvalue weighted by Gasteiger charge is -2.36. The molecule has 0 saturated carbocycles. The molecule has 0 unspecified atom stereocenters. The maximum atomic E-state index is 12.6. The van der Waals surface area contributed by atoms with E-state index in [1.54, 1.807) is 20.8 Å². The van der Waals surface area contributed by atoms with E-state index in [0.29, 0.717) is 19.4 Å². The molecule has 0 aromatic heterocycles. The first kappa shape index (κ1) is 16.1. The minimum absolute atomic E-state index is 0.00438. The number of hydrogen-bond donors (Lipinski definition) is 1. The molecule has 0 aromatic rings. The summed E-state index contributed by atoms with van der Waals surface area (Å²) in [6.07, 6.45) is -4.12. The van der Waals surface area contributed by atoms with E-state index in [0.717, 1.165) is 0 Å². The fourth-order valence-corrected chi connectivity index (χ4v) is 2.06. The number of likely N-dealkylation sites (tertiary alicyclic amines) is 1. The van der Waals surface area contributed by atoms with Gasteiger partial charge in [-0.2, -0.15) is 13.2 Å². The number of nitrogens with zero attached hydrogens (tertiary/aromatic N) is 1. The van der Waals surface area contributed by atoms with Gasteiger partial charge in [-0.25, -0.2) is 4.79 Å². The summed E-state index contributed by atoms with van der Waals surface area (Å²) < 4.78 is 42.9. The maximum Gasteiger partial charge on any atom is 0.410 e. The summed E-state index contributed by atoms with van der Waals surface area (Å²) in [5, 5.41) is 0. The summed E-state index contributed by atoms with van der Waals surface area (Å²) in [6, 6.07) is -1.89. The highest BCUT2D eigenvalue weighted by molar-refractivity contribution is 5.68. The monoisotopic (exact) mass is 282 g/mol. The number of carbonyl (C=O) groups excluding carboxylic acids is 1. The molecule has 112 valence electrons. The van der Waals surface area contributed by atoms with E-state index >= 15 is 0 Å². The Balaban J connectivity index is 2.62. The van der Waals surface area contributed by atoms with Crippen LogP contribution in [-0.4, -0.2) is 41.9 Å². The molecule has 1 aliphatic heterocycles. The second-order valence-corrected chi connectivity index (χ2v) is 5.90. The van der Waals surface area contributed by atoms with Gasteiger partial charge in [0.15, 0.2) is 0 Å². The molecular formula is C12H21F3N2O2. The van der Waals surface area contributed by atoms with Crippen LogP contribution in [0, 0.1) is 5.92 Å². The van der Waals surface area contributed by atoms with E-state index in [4.69, 9.17) is 10.5 Å². The number of hydrogen-bond acceptors (Lipinski definition) is 3. The lowest BCUT2D eigenvalue weighted by molar-refractivity contribution is -0.162. The first-order chi connectivity index (χ1) is 8.50. The molecule has 7 heteroatoms. The van der Waals surface area contributed by atoms with E-state index in [1.807, 2.05) is 0 Å². The van der Waals surface area contributed by atoms with Gasteiger partial charge >= 0.3 is 12.3 Å². The molecule has 0 spiro atoms. The predicted molar refractivity (Wildman–Crippen MR) is 64.6 cm³/mol. The minimum atomic E-state index is -4.43. The zero-order valence-electron chi connectivity index (χ0n) is 11.5. The lowest BCUT2D eigenvalue weighted by Crippen LogP contribution is -2.52. The van der Waals surface area contributed by atoms with Crippen molar-refractivity contribution >= 4 is 6.09 Å². The van der Waals surface area contributed by atoms with E-state index in [2.05, 4.69) is 0 Å². The van der Waals surface area contributed by atoms with Crippen molar-refractivity contribution in [2.24, 2.45) is 11.7 Å². The van der Waals surface area contributed by atoms with Crippen molar-refractivity contribution in [2.75, 3.05) is 13.1 Å². The van der Waals surface area contributed by atoms with Gasteiger partial charge in [0.2, 0.25) is 0 Å². The first-order valence-electron chi connectivity index (χ1n) is 6.31. The van der Waals surface area contributed by atoms with Crippen LogP contribution in [-0.2, 0) is 4.74 Å². The molecule has 1 heterocycles. The zero-order chi connectivity index (χ0) is 14.8. The molecule has 1 amide bonds. The number of ether oxygens (including phenoxy) is 1. The van der Waals surface area contributed by atoms with Gasteiger partial charge < -0.3 is 15.4 Å². The van der Waals surface area contributed by atoms with Crippen LogP contribution in [0.4, 0.5) is 18.0 Å². The second kappa shape index (κ2) is 5.56. The molecule has 0 aliphatic carbocycles. The molecule has 0 aromatic carbocycles. The Kier molecular flexibility index (Phi) is 4.71. The van der Waals surface area contributed by atoms with Gasteiger partial charge in [-0.05, 0) is 33.6 Å². The van der Waals surface area contributed by atoms with Crippen LogP contribution in [0.3, 0.4) is 0 Å². The predicted octanol–water partition coefficient (Wildman–Crippen LogP) is 2.52. The quantitative estimate of drug-likeness (QED) is 0.804. The third-order valence-corrected chi connectivity index (χ3v) is 3.00. The molecule has 1 aliphatic rings. The summed E-state index contributed by atoms with van der Waals surface area (Å²) in [4.78, 5) is 13.1. The summed E-state index contributed by atoms with van der Waals surface area (Å²) in [7, 11) is 0. The molecule has 0 radical (unpaired) electrons. The van der Waals surface area contributed by atoms with E-state index in [-0.39, 0.29) is 6.54 Å². The Morgan fingerprint density at radius 2 is 1.95 bits per heavy atom. The lowest BCUT2D eigenvalue weighted by atomic mass is 9.91. The second-order valence-electron chi connectivity index (χ2n) is 5.90. The van der Waals surface area contributed by atoms with Gasteiger partial charge in [0.05, 0.1) is 0 Å². The van der Waals surface area contributed by atoms with Crippen LogP contribution < -0.4 is 5.73 Å². The van der Waals surface area contributed by atoms with Gasteiger partial charge in [-0.1, -0.05) is 0 Å². The fraction of sp³-hybridized carbons (Fsp3) is 0.917. The van der Waals surface area contributed by atoms with Gasteiger partial charge in [-0.15, -0.1) is 0 Å². The molecule has 2 N–H and O–H groups in total. The van der Waals surface area contributed by atoms with E-state index in [1.165, 1.54) is 4.90 Å². The fourth-order valence-electron chi connectivity index (χ4n) is 2.06. The number of piperidine rings is 1. The largest absolute Gasteiger partial charge is 0.444 e. The Hall–Kier alpha value is -0.980. The Morgan fingerprint density at radius 1 is 1.37 bits per heavy atom. The van der Waals surface area contributed by atoms with Crippen LogP contribution in [0.1, 0.15) is 33.6 Å². The van der Waals surface area contributed by atoms with E-state index in [9.17, 15) is 18.0 Å². The van der Waals surface area contributed by atoms with Gasteiger partial charge in [0, 0.05) is 19.0 Å². The molecule has 2 atom stereocenters. The van der Waals surface area contributed by atoms with Gasteiger partial charge in [0.25, 0.3) is 0 Å². The smallest absolute Gasteiger partial charge is 0.410 e. The maximum absolute atomic E-state index is 12.6. The van der Waals surface area contributed by atoms with Crippen molar-refractivity contribution in [3.8, 4) is 0 Å². The van der Waals surface area contributed by atoms with Crippen molar-refractivity contribution in [3.63, 3.8) is 0 Å². The average Bonchev–Trinajstić information content (AvgIpc) is 2.24. The number of nitrogens with two attached hydrogens (primary N) is 1. The van der Waals surface area contributed by atoms with Crippen molar-refractivity contribution < 1.29 is 22.7 Å². The number of alkyl halides is 3. The standard InChI is InChI=1S/C12H21F3N2O2/c1-11(2,3)19-10(18)17-6-4-5-8(7-17)9(16)12(13,14)15/h8-9H,4-7,16H2,1-3H3/t8-,9-/m0/s1. The van der Waals surface area contributed by atoms with Crippen molar-refractivity contribution in [1.29, 1.82) is 0 Å². The van der Waals surface area contributed by atoms with Crippen LogP contribution in [0.15, 0.2) is 0 Å². The molecule has 4 nitrogen and oxygen atoms in total. The zero-order valence-corrected chi connectivity index (χ0v) is 11.5. The molecular weight excluding hydrogens is 261 g/mol. The van der Waals surface area contributed by atoms with Crippen LogP contribution >= 0.6 is 0 Å². The topological polar surface area (TPSA) is 55.6 Å². The van der Waals surface area contributed by atoms with Crippen LogP contribution in [0.25, 0.3) is 0 Å². The Bertz CT molecular complexity index is 326. The van der Waals surface area contributed by atoms with Crippen molar-refractivity contribution in [3.05, 3.63) is 0 Å². The summed E-state index contributed by atoms with van der Waals surface area (Å²) >= 11 is 0. The third-order valence-electron chi connectivity index (χ3n) is 3.00. The Labute approximate surface area is 111 Å². The molecule has 0 bridgehead atoms. The van der Waals surface area contributed by atoms with Gasteiger partial charge in [-0.3, -0.25) is 0 Å². The molecule has 19 heavy (non-hydrogen) atoms. The highest BCUT2D eigenvalue weighted by Gasteiger charge is 2.44. The molecule has 1 fully saturated rings. The Morgan fingerprint density at radius 3 is 2.42 bits per heavy atom. The van der Waals surface area contributed by atoms with Crippen LogP contribution in [0.5, 0.6) is 0 Å². The summed E-state index contributed by atoms with van der Waals surface area (Å²) in [5.74, 6) is -0.763. The minimum Gasteiger partial charge on any atom is -0.444 e. The number of rotatable bonds is 1. The molecule has 1 rings (SSSR count). The third kappa shape index (κ3) is 4.89. The number of carbonyl (C=O) groups is 1. The highest BCUT2D eigenvalue weighted by atomic mass is 19.4. The first-order valence-corrected chi connectivity index (χ1v) is 6.31. The number of halogens is 3. The number of amides is 1. The molecule has 1 saturated heterocycles. The SMILES string of the molecule is CC(C)(C)OC(=O)N1CCC[C@H]([C@H](N)C(F)(F)F)C1. The summed E-state index contributed by atoms with van der Waals surface area (Å²) in [5.41, 5.74) is 4.55. The summed E-state index contributed by atoms with van der Waals surface area (Å²) in [6.45, 7) is 5.56.